The molecule has 0 radical (unpaired) electrons. The highest BCUT2D eigenvalue weighted by Crippen LogP contribution is 2.68. The van der Waals surface area contributed by atoms with Crippen molar-refractivity contribution < 1.29 is 43.9 Å². The largest absolute Gasteiger partial charge is 0.458 e. The van der Waals surface area contributed by atoms with Gasteiger partial charge in [0.1, 0.15) is 36.7 Å². The number of aromatic nitrogens is 5. The minimum Gasteiger partial charge on any atom is -0.458 e. The van der Waals surface area contributed by atoms with E-state index in [1.54, 1.807) is 24.7 Å². The monoisotopic (exact) mass is 868 g/mol. The highest BCUT2D eigenvalue weighted by molar-refractivity contribution is 5.84. The van der Waals surface area contributed by atoms with E-state index in [9.17, 15) is 34.5 Å². The van der Waals surface area contributed by atoms with Crippen LogP contribution in [0.4, 0.5) is 0 Å². The lowest BCUT2D eigenvalue weighted by Gasteiger charge is -2.63. The molecule has 4 saturated carbocycles. The molecule has 2 aliphatic heterocycles. The number of aliphatic hydroxyl groups excluding tert-OH is 3. The zero-order valence-corrected chi connectivity index (χ0v) is 37.3. The van der Waals surface area contributed by atoms with E-state index in [-0.39, 0.29) is 83.8 Å². The van der Waals surface area contributed by atoms with Gasteiger partial charge in [-0.2, -0.15) is 0 Å². The fourth-order valence-electron chi connectivity index (χ4n) is 13.2. The Kier molecular flexibility index (Phi) is 12.5. The van der Waals surface area contributed by atoms with Crippen molar-refractivity contribution in [2.45, 2.75) is 181 Å². The summed E-state index contributed by atoms with van der Waals surface area (Å²) in [5.74, 6) is -0.763. The fourth-order valence-corrected chi connectivity index (χ4v) is 13.2. The number of hydrogen-bond acceptors (Lipinski definition) is 13. The van der Waals surface area contributed by atoms with E-state index in [2.05, 4.69) is 41.4 Å². The molecular weight excluding hydrogens is 801 g/mol. The lowest BCUT2D eigenvalue weighted by atomic mass is 9.43. The summed E-state index contributed by atoms with van der Waals surface area (Å²) in [6, 6.07) is 0.379. The number of hydrogen-bond donors (Lipinski definition) is 5. The Morgan fingerprint density at radius 1 is 1.03 bits per heavy atom. The number of aliphatic hydroxyl groups is 3. The molecule has 5 N–H and O–H groups in total. The highest BCUT2D eigenvalue weighted by Gasteiger charge is 2.66. The summed E-state index contributed by atoms with van der Waals surface area (Å²) in [4.78, 5) is 53.6. The second kappa shape index (κ2) is 17.1. The number of carbonyl (C=O) groups is 2. The normalized spacial score (nSPS) is 39.8. The van der Waals surface area contributed by atoms with Crippen molar-refractivity contribution in [2.24, 2.45) is 52.3 Å². The number of esters is 1. The first kappa shape index (κ1) is 45.1. The van der Waals surface area contributed by atoms with Crippen LogP contribution in [-0.4, -0.2) is 100 Å². The van der Waals surface area contributed by atoms with Gasteiger partial charge in [0.05, 0.1) is 31.1 Å². The molecule has 0 spiro atoms. The number of ether oxygens (including phenoxy) is 4. The van der Waals surface area contributed by atoms with Crippen LogP contribution >= 0.6 is 0 Å². The van der Waals surface area contributed by atoms with Gasteiger partial charge in [0, 0.05) is 18.7 Å². The summed E-state index contributed by atoms with van der Waals surface area (Å²) in [6.45, 7) is 14.2. The quantitative estimate of drug-likeness (QED) is 0.183. The number of rotatable bonds is 13. The van der Waals surface area contributed by atoms with Crippen molar-refractivity contribution in [1.29, 1.82) is 0 Å². The zero-order valence-electron chi connectivity index (χ0n) is 37.3. The molecule has 2 saturated heterocycles. The molecule has 8 unspecified atom stereocenters. The third-order valence-electron chi connectivity index (χ3n) is 16.7. The molecule has 0 aromatic carbocycles. The van der Waals surface area contributed by atoms with E-state index in [1.165, 1.54) is 16.8 Å². The van der Waals surface area contributed by atoms with Crippen molar-refractivity contribution in [1.82, 2.24) is 29.9 Å². The first-order valence-electron chi connectivity index (χ1n) is 23.0. The molecule has 17 nitrogen and oxygen atoms in total. The summed E-state index contributed by atoms with van der Waals surface area (Å²) in [6.07, 6.45) is 6.30. The first-order valence-corrected chi connectivity index (χ1v) is 23.0. The topological polar surface area (TPSA) is 229 Å². The Balaban J connectivity index is 0.848. The van der Waals surface area contributed by atoms with E-state index < -0.39 is 65.8 Å². The molecule has 8 rings (SSSR count). The molecule has 6 fully saturated rings. The molecule has 62 heavy (non-hydrogen) atoms. The molecule has 4 aliphatic carbocycles. The third kappa shape index (κ3) is 8.23. The van der Waals surface area contributed by atoms with Crippen LogP contribution in [-0.2, 0) is 41.7 Å². The molecule has 4 heterocycles. The molecule has 17 atom stereocenters. The summed E-state index contributed by atoms with van der Waals surface area (Å²) in [5, 5.41) is 45.5. The van der Waals surface area contributed by atoms with Crippen LogP contribution in [0.5, 0.6) is 0 Å². The molecule has 2 aromatic rings. The first-order chi connectivity index (χ1) is 29.3. The van der Waals surface area contributed by atoms with Crippen LogP contribution in [0.15, 0.2) is 28.0 Å². The number of aromatic amines is 1. The molecule has 1 amide bonds. The Hall–Kier alpha value is -3.48. The fraction of sp³-hybridized carbons (Fsp3) is 0.822. The third-order valence-corrected chi connectivity index (χ3v) is 16.7. The molecule has 0 bridgehead atoms. The van der Waals surface area contributed by atoms with E-state index in [1.807, 2.05) is 13.8 Å². The van der Waals surface area contributed by atoms with E-state index in [0.717, 1.165) is 32.1 Å². The maximum Gasteiger partial charge on any atom is 0.330 e. The highest BCUT2D eigenvalue weighted by atomic mass is 16.8. The smallest absolute Gasteiger partial charge is 0.330 e. The van der Waals surface area contributed by atoms with Gasteiger partial charge >= 0.3 is 11.7 Å². The Bertz CT molecular complexity index is 2070. The van der Waals surface area contributed by atoms with Gasteiger partial charge in [0.15, 0.2) is 12.0 Å². The maximum atomic E-state index is 13.5. The Labute approximate surface area is 362 Å². The molecular formula is C45H68N6O11. The van der Waals surface area contributed by atoms with Crippen LogP contribution in [0.1, 0.15) is 125 Å². The second-order valence-electron chi connectivity index (χ2n) is 20.7. The van der Waals surface area contributed by atoms with Gasteiger partial charge in [-0.05, 0) is 117 Å². The summed E-state index contributed by atoms with van der Waals surface area (Å²) >= 11 is 0. The summed E-state index contributed by atoms with van der Waals surface area (Å²) < 4.78 is 27.0. The molecule has 2 aromatic heterocycles. The maximum absolute atomic E-state index is 13.5. The van der Waals surface area contributed by atoms with Crippen molar-refractivity contribution >= 4 is 11.9 Å². The van der Waals surface area contributed by atoms with Gasteiger partial charge < -0.3 is 39.6 Å². The van der Waals surface area contributed by atoms with Crippen LogP contribution < -0.4 is 16.6 Å². The summed E-state index contributed by atoms with van der Waals surface area (Å²) in [5.41, 5.74) is -1.12. The lowest BCUT2D eigenvalue weighted by molar-refractivity contribution is -0.207. The lowest BCUT2D eigenvalue weighted by Crippen LogP contribution is -2.62. The van der Waals surface area contributed by atoms with Crippen molar-refractivity contribution in [3.8, 4) is 0 Å². The predicted molar refractivity (Wildman–Crippen MR) is 223 cm³/mol. The minimum atomic E-state index is -0.935. The number of fused-ring (bicyclic) bond motifs is 6. The summed E-state index contributed by atoms with van der Waals surface area (Å²) in [7, 11) is 0. The van der Waals surface area contributed by atoms with Crippen molar-refractivity contribution in [3.63, 3.8) is 0 Å². The predicted octanol–water partition coefficient (Wildman–Crippen LogP) is 3.20. The van der Waals surface area contributed by atoms with E-state index in [0.29, 0.717) is 31.4 Å². The number of H-pyrrole nitrogens is 1. The van der Waals surface area contributed by atoms with E-state index in [4.69, 9.17) is 18.9 Å². The van der Waals surface area contributed by atoms with E-state index >= 15 is 0 Å². The van der Waals surface area contributed by atoms with Crippen LogP contribution in [0.25, 0.3) is 0 Å². The zero-order chi connectivity index (χ0) is 44.5. The van der Waals surface area contributed by atoms with Gasteiger partial charge in [-0.25, -0.2) is 14.3 Å². The average molecular weight is 869 g/mol. The van der Waals surface area contributed by atoms with Crippen LogP contribution in [0, 0.1) is 52.3 Å². The molecule has 344 valence electrons. The number of nitrogens with one attached hydrogen (secondary N) is 2. The SMILES string of the molecule is CCC(C)[C@H](NC(=O)CCC(C)[C@H]1CCC2C3C(C[C@H](O)[C@@]21C)[C@@]1(C)CC[C@@H](O)CC1C[C@H]3O)C(=O)OCc1cn(CC2OC(n3ccc(=O)[nH]c3=O)[C@@H]3OC(C)(C)O[C@H]23)nn1. The van der Waals surface area contributed by atoms with Crippen molar-refractivity contribution in [2.75, 3.05) is 0 Å². The second-order valence-corrected chi connectivity index (χ2v) is 20.7. The minimum absolute atomic E-state index is 0.0103. The van der Waals surface area contributed by atoms with Gasteiger partial charge in [0.2, 0.25) is 5.91 Å². The molecule has 17 heteroatoms. The van der Waals surface area contributed by atoms with Gasteiger partial charge in [-0.1, -0.05) is 46.3 Å². The van der Waals surface area contributed by atoms with Gasteiger partial charge in [-0.3, -0.25) is 19.1 Å². The molecule has 6 aliphatic rings. The average Bonchev–Trinajstić information content (AvgIpc) is 3.98. The Morgan fingerprint density at radius 2 is 1.79 bits per heavy atom. The number of nitrogens with zero attached hydrogens (tertiary/aromatic N) is 4. The van der Waals surface area contributed by atoms with Gasteiger partial charge in [0.25, 0.3) is 5.56 Å². The van der Waals surface area contributed by atoms with Crippen LogP contribution in [0.3, 0.4) is 0 Å². The number of amides is 1. The van der Waals surface area contributed by atoms with Gasteiger partial charge in [-0.15, -0.1) is 5.10 Å². The van der Waals surface area contributed by atoms with Crippen LogP contribution in [0.2, 0.25) is 0 Å². The Morgan fingerprint density at radius 3 is 2.53 bits per heavy atom. The number of carbonyl (C=O) groups excluding carboxylic acids is 2. The van der Waals surface area contributed by atoms with Crippen molar-refractivity contribution in [3.05, 3.63) is 45.0 Å². The standard InChI is InChI=1S/C45H68N6O11/c1-8-23(2)37(41(57)59-22-26-20-50(49-48-26)21-32-38-39(62-43(4,5)61-38)40(60-32)51-16-14-35(56)47-42(51)58)46-34(55)12-9-24(3)28-10-11-29-36-30(19-33(54)45(28,29)7)44(6)15-13-27(52)17-25(44)18-31(36)53/h14,16,20,23-25,27-33,36-40,52-54H,8-13,15,17-19,21-22H2,1-7H3,(H,46,55)(H,47,56,58)/t23?,24?,25?,27-,28-,29?,30?,31-,32?,33+,36?,37+,38-,39-,40?,44+,45-/m1/s1.